The zero-order valence-corrected chi connectivity index (χ0v) is 14.7. The topological polar surface area (TPSA) is 127 Å². The third-order valence-electron chi connectivity index (χ3n) is 5.38. The average molecular weight is 379 g/mol. The van der Waals surface area contributed by atoms with Crippen molar-refractivity contribution in [2.24, 2.45) is 11.8 Å². The molecule has 2 atom stereocenters. The Morgan fingerprint density at radius 3 is 2.37 bits per heavy atom. The van der Waals surface area contributed by atoms with Gasteiger partial charge in [0.1, 0.15) is 0 Å². The molecule has 27 heavy (non-hydrogen) atoms. The van der Waals surface area contributed by atoms with Gasteiger partial charge in [0.05, 0.1) is 5.39 Å². The molecule has 1 saturated carbocycles. The van der Waals surface area contributed by atoms with Crippen LogP contribution in [0.1, 0.15) is 25.3 Å². The normalized spacial score (nSPS) is 23.1. The number of hydrogen-bond donors (Lipinski definition) is 3. The number of rotatable bonds is 4. The van der Waals surface area contributed by atoms with Crippen LogP contribution in [-0.2, 0) is 0 Å². The van der Waals surface area contributed by atoms with Crippen LogP contribution in [-0.4, -0.2) is 50.7 Å². The van der Waals surface area contributed by atoms with Gasteiger partial charge in [-0.3, -0.25) is 9.36 Å². The van der Waals surface area contributed by atoms with E-state index >= 15 is 0 Å². The Morgan fingerprint density at radius 1 is 1.19 bits per heavy atom. The highest BCUT2D eigenvalue weighted by molar-refractivity contribution is 5.77. The van der Waals surface area contributed by atoms with E-state index < -0.39 is 17.1 Å². The third-order valence-corrected chi connectivity index (χ3v) is 5.38. The van der Waals surface area contributed by atoms with E-state index in [1.165, 1.54) is 4.57 Å². The predicted molar refractivity (Wildman–Crippen MR) is 96.6 cm³/mol. The number of nitrogens with zero attached hydrogens (tertiary/aromatic N) is 4. The van der Waals surface area contributed by atoms with E-state index in [-0.39, 0.29) is 47.9 Å². The molecule has 0 aromatic carbocycles. The molecule has 10 heteroatoms. The molecule has 1 saturated heterocycles. The minimum atomic E-state index is -0.787. The second-order valence-corrected chi connectivity index (χ2v) is 7.46. The standard InChI is InChI=1S/C17H22FN5O4/c18-13-4-12-14(22(11-1-2-11)17(27)23(19)16(12)26)20-15(13)21-5-9(7-24)3-10(6-21)8-25/h4,9-11,24-25H,1-3,5-8,19H2/t9-,10?/m1/s1. The second kappa shape index (κ2) is 6.61. The summed E-state index contributed by atoms with van der Waals surface area (Å²) in [5, 5.41) is 19.0. The van der Waals surface area contributed by atoms with Crippen LogP contribution < -0.4 is 22.0 Å². The zero-order valence-electron chi connectivity index (χ0n) is 14.7. The van der Waals surface area contributed by atoms with E-state index in [4.69, 9.17) is 5.84 Å². The number of hydrogen-bond acceptors (Lipinski definition) is 7. The second-order valence-electron chi connectivity index (χ2n) is 7.46. The summed E-state index contributed by atoms with van der Waals surface area (Å²) in [4.78, 5) is 30.8. The lowest BCUT2D eigenvalue weighted by Gasteiger charge is -2.37. The van der Waals surface area contributed by atoms with Gasteiger partial charge in [0.15, 0.2) is 17.3 Å². The van der Waals surface area contributed by atoms with E-state index in [1.54, 1.807) is 4.90 Å². The number of fused-ring (bicyclic) bond motifs is 1. The van der Waals surface area contributed by atoms with E-state index in [2.05, 4.69) is 4.98 Å². The molecule has 146 valence electrons. The monoisotopic (exact) mass is 379 g/mol. The van der Waals surface area contributed by atoms with Crippen LogP contribution in [0.15, 0.2) is 15.7 Å². The molecule has 1 unspecified atom stereocenters. The first-order valence-electron chi connectivity index (χ1n) is 9.04. The van der Waals surface area contributed by atoms with E-state index in [1.807, 2.05) is 0 Å². The number of nitrogens with two attached hydrogens (primary N) is 1. The van der Waals surface area contributed by atoms with Gasteiger partial charge in [-0.05, 0) is 37.2 Å². The van der Waals surface area contributed by atoms with Gasteiger partial charge < -0.3 is 21.0 Å². The van der Waals surface area contributed by atoms with Gasteiger partial charge in [-0.25, -0.2) is 14.2 Å². The summed E-state index contributed by atoms with van der Waals surface area (Å²) >= 11 is 0. The Hall–Kier alpha value is -2.46. The summed E-state index contributed by atoms with van der Waals surface area (Å²) in [7, 11) is 0. The molecular formula is C17H22FN5O4. The molecule has 4 N–H and O–H groups in total. The van der Waals surface area contributed by atoms with E-state index in [0.29, 0.717) is 24.2 Å². The smallest absolute Gasteiger partial charge is 0.351 e. The first-order chi connectivity index (χ1) is 12.9. The Bertz CT molecular complexity index is 987. The molecule has 2 aliphatic rings. The number of aliphatic hydroxyl groups is 2. The van der Waals surface area contributed by atoms with Gasteiger partial charge >= 0.3 is 5.69 Å². The van der Waals surface area contributed by atoms with Crippen molar-refractivity contribution in [1.29, 1.82) is 0 Å². The largest absolute Gasteiger partial charge is 0.396 e. The fraction of sp³-hybridized carbons (Fsp3) is 0.588. The molecule has 3 heterocycles. The fourth-order valence-electron chi connectivity index (χ4n) is 3.87. The van der Waals surface area contributed by atoms with Crippen LogP contribution in [0.4, 0.5) is 10.2 Å². The molecule has 0 radical (unpaired) electrons. The molecular weight excluding hydrogens is 357 g/mol. The maximum Gasteiger partial charge on any atom is 0.351 e. The lowest BCUT2D eigenvalue weighted by Crippen LogP contribution is -2.46. The Morgan fingerprint density at radius 2 is 1.81 bits per heavy atom. The van der Waals surface area contributed by atoms with Crippen molar-refractivity contribution in [3.63, 3.8) is 0 Å². The number of halogens is 1. The van der Waals surface area contributed by atoms with Crippen LogP contribution in [0.5, 0.6) is 0 Å². The van der Waals surface area contributed by atoms with Crippen molar-refractivity contribution < 1.29 is 14.6 Å². The number of pyridine rings is 1. The zero-order chi connectivity index (χ0) is 19.3. The average Bonchev–Trinajstić information content (AvgIpc) is 3.51. The highest BCUT2D eigenvalue weighted by atomic mass is 19.1. The van der Waals surface area contributed by atoms with Gasteiger partial charge in [-0.1, -0.05) is 0 Å². The molecule has 9 nitrogen and oxygen atoms in total. The summed E-state index contributed by atoms with van der Waals surface area (Å²) in [5.41, 5.74) is -1.33. The van der Waals surface area contributed by atoms with Crippen LogP contribution in [0, 0.1) is 17.7 Å². The van der Waals surface area contributed by atoms with E-state index in [0.717, 1.165) is 18.9 Å². The van der Waals surface area contributed by atoms with Gasteiger partial charge in [-0.15, -0.1) is 0 Å². The maximum absolute atomic E-state index is 14.8. The molecule has 0 bridgehead atoms. The third kappa shape index (κ3) is 2.98. The van der Waals surface area contributed by atoms with Crippen LogP contribution in [0.25, 0.3) is 11.0 Å². The van der Waals surface area contributed by atoms with Crippen molar-refractivity contribution in [2.75, 3.05) is 37.0 Å². The number of anilines is 1. The first-order valence-corrected chi connectivity index (χ1v) is 9.04. The lowest BCUT2D eigenvalue weighted by atomic mass is 9.90. The number of aliphatic hydroxyl groups excluding tert-OH is 2. The highest BCUT2D eigenvalue weighted by Gasteiger charge is 2.32. The number of aromatic nitrogens is 3. The Kier molecular flexibility index (Phi) is 4.39. The quantitative estimate of drug-likeness (QED) is 0.592. The summed E-state index contributed by atoms with van der Waals surface area (Å²) in [5.74, 6) is 4.66. The fourth-order valence-corrected chi connectivity index (χ4v) is 3.87. The Labute approximate surface area is 153 Å². The number of piperidine rings is 1. The van der Waals surface area contributed by atoms with Crippen LogP contribution in [0.2, 0.25) is 0 Å². The number of nitrogen functional groups attached to an aromatic ring is 1. The molecule has 1 aliphatic heterocycles. The lowest BCUT2D eigenvalue weighted by molar-refractivity contribution is 0.144. The minimum Gasteiger partial charge on any atom is -0.396 e. The summed E-state index contributed by atoms with van der Waals surface area (Å²) in [6.07, 6.45) is 2.18. The Balaban J connectivity index is 1.88. The van der Waals surface area contributed by atoms with Gasteiger partial charge in [-0.2, -0.15) is 4.68 Å². The molecule has 2 fully saturated rings. The van der Waals surface area contributed by atoms with Crippen molar-refractivity contribution in [3.8, 4) is 0 Å². The first kappa shape index (κ1) is 17.9. The maximum atomic E-state index is 14.8. The highest BCUT2D eigenvalue weighted by Crippen LogP contribution is 2.36. The molecule has 1 aliphatic carbocycles. The van der Waals surface area contributed by atoms with Gasteiger partial charge in [0.2, 0.25) is 0 Å². The van der Waals surface area contributed by atoms with Gasteiger partial charge in [0.25, 0.3) is 5.56 Å². The molecule has 4 rings (SSSR count). The van der Waals surface area contributed by atoms with Crippen LogP contribution in [0.3, 0.4) is 0 Å². The summed E-state index contributed by atoms with van der Waals surface area (Å²) < 4.78 is 16.7. The molecule has 0 spiro atoms. The van der Waals surface area contributed by atoms with E-state index in [9.17, 15) is 24.2 Å². The molecule has 0 amide bonds. The van der Waals surface area contributed by atoms with Crippen molar-refractivity contribution >= 4 is 16.9 Å². The van der Waals surface area contributed by atoms with Crippen LogP contribution >= 0.6 is 0 Å². The summed E-state index contributed by atoms with van der Waals surface area (Å²) in [6, 6.07) is 0.969. The van der Waals surface area contributed by atoms with Crippen molar-refractivity contribution in [1.82, 2.24) is 14.2 Å². The molecule has 2 aromatic rings. The van der Waals surface area contributed by atoms with Crippen molar-refractivity contribution in [3.05, 3.63) is 32.7 Å². The minimum absolute atomic E-state index is 0.0158. The van der Waals surface area contributed by atoms with Crippen molar-refractivity contribution in [2.45, 2.75) is 25.3 Å². The SMILES string of the molecule is Nn1c(=O)c2cc(F)c(N3CC(CO)C[C@@H](CO)C3)nc2n(C2CC2)c1=O. The van der Waals surface area contributed by atoms with Gasteiger partial charge in [0, 0.05) is 32.3 Å². The predicted octanol–water partition coefficient (Wildman–Crippen LogP) is -0.827. The summed E-state index contributed by atoms with van der Waals surface area (Å²) in [6.45, 7) is 0.605. The molecule has 2 aromatic heterocycles.